The maximum absolute atomic E-state index is 11.6. The van der Waals surface area contributed by atoms with Crippen LogP contribution in [0.4, 0.5) is 6.01 Å². The van der Waals surface area contributed by atoms with Gasteiger partial charge >= 0.3 is 6.01 Å². The Labute approximate surface area is 107 Å². The fourth-order valence-electron chi connectivity index (χ4n) is 1.32. The van der Waals surface area contributed by atoms with Crippen LogP contribution in [0.15, 0.2) is 4.42 Å². The molecule has 0 radical (unpaired) electrons. The topological polar surface area (TPSA) is 92.1 Å². The summed E-state index contributed by atoms with van der Waals surface area (Å²) in [5, 5.41) is 16.4. The van der Waals surface area contributed by atoms with Gasteiger partial charge in [-0.05, 0) is 27.8 Å². The molecule has 3 N–H and O–H groups in total. The van der Waals surface area contributed by atoms with Gasteiger partial charge in [0.25, 0.3) is 0 Å². The fraction of sp³-hybridized carbons (Fsp3) is 0.727. The lowest BCUT2D eigenvalue weighted by molar-refractivity contribution is -0.128. The second kappa shape index (κ2) is 5.81. The molecule has 0 bridgehead atoms. The monoisotopic (exact) mass is 255 g/mol. The van der Waals surface area contributed by atoms with E-state index in [4.69, 9.17) is 4.42 Å². The van der Waals surface area contributed by atoms with Crippen LogP contribution in [0.5, 0.6) is 0 Å². The molecule has 0 spiro atoms. The first kappa shape index (κ1) is 14.4. The number of anilines is 1. The first-order chi connectivity index (χ1) is 8.40. The zero-order valence-electron chi connectivity index (χ0n) is 11.5. The van der Waals surface area contributed by atoms with Crippen molar-refractivity contribution in [1.29, 1.82) is 0 Å². The molecule has 1 atom stereocenters. The van der Waals surface area contributed by atoms with E-state index in [0.717, 1.165) is 0 Å². The van der Waals surface area contributed by atoms with Gasteiger partial charge in [-0.1, -0.05) is 5.10 Å². The second-order valence-electron chi connectivity index (χ2n) is 4.77. The number of carbonyl (C=O) groups excluding carboxylic acids is 1. The molecule has 1 aromatic heterocycles. The third-order valence-electron chi connectivity index (χ3n) is 2.77. The molecule has 0 aliphatic heterocycles. The van der Waals surface area contributed by atoms with Crippen LogP contribution in [0.1, 0.15) is 32.7 Å². The highest BCUT2D eigenvalue weighted by molar-refractivity contribution is 5.82. The average Bonchev–Trinajstić information content (AvgIpc) is 2.83. The number of hydrogen-bond donors (Lipinski definition) is 3. The van der Waals surface area contributed by atoms with Crippen molar-refractivity contribution in [3.63, 3.8) is 0 Å². The SMILES string of the molecule is CNC(=O)C(C)(C)CNc1nnc(C(C)NC)o1. The fourth-order valence-corrected chi connectivity index (χ4v) is 1.32. The van der Waals surface area contributed by atoms with Gasteiger partial charge in [0.15, 0.2) is 0 Å². The minimum atomic E-state index is -0.544. The zero-order chi connectivity index (χ0) is 13.8. The van der Waals surface area contributed by atoms with Crippen LogP contribution in [-0.2, 0) is 4.79 Å². The van der Waals surface area contributed by atoms with Crippen LogP contribution in [0.25, 0.3) is 0 Å². The Balaban J connectivity index is 2.59. The Hall–Kier alpha value is -1.63. The van der Waals surface area contributed by atoms with Crippen molar-refractivity contribution in [2.45, 2.75) is 26.8 Å². The predicted molar refractivity (Wildman–Crippen MR) is 68.1 cm³/mol. The highest BCUT2D eigenvalue weighted by atomic mass is 16.4. The van der Waals surface area contributed by atoms with Crippen LogP contribution in [-0.4, -0.2) is 36.7 Å². The van der Waals surface area contributed by atoms with Gasteiger partial charge in [-0.2, -0.15) is 0 Å². The van der Waals surface area contributed by atoms with Gasteiger partial charge in [-0.15, -0.1) is 5.10 Å². The highest BCUT2D eigenvalue weighted by Gasteiger charge is 2.27. The Morgan fingerprint density at radius 2 is 2.06 bits per heavy atom. The van der Waals surface area contributed by atoms with E-state index in [1.807, 2.05) is 27.8 Å². The van der Waals surface area contributed by atoms with E-state index in [1.165, 1.54) is 0 Å². The average molecular weight is 255 g/mol. The molecule has 0 saturated carbocycles. The van der Waals surface area contributed by atoms with Crippen LogP contribution >= 0.6 is 0 Å². The largest absolute Gasteiger partial charge is 0.406 e. The molecule has 0 aromatic carbocycles. The molecule has 1 amide bonds. The summed E-state index contributed by atoms with van der Waals surface area (Å²) in [5.41, 5.74) is -0.544. The van der Waals surface area contributed by atoms with E-state index in [-0.39, 0.29) is 11.9 Å². The van der Waals surface area contributed by atoms with E-state index in [2.05, 4.69) is 26.1 Å². The van der Waals surface area contributed by atoms with E-state index in [0.29, 0.717) is 18.5 Å². The van der Waals surface area contributed by atoms with Crippen molar-refractivity contribution < 1.29 is 9.21 Å². The minimum absolute atomic E-state index is 0.000000577. The summed E-state index contributed by atoms with van der Waals surface area (Å²) in [5.74, 6) is 0.469. The summed E-state index contributed by atoms with van der Waals surface area (Å²) in [7, 11) is 3.43. The minimum Gasteiger partial charge on any atom is -0.406 e. The molecule has 102 valence electrons. The normalized spacial score (nSPS) is 13.2. The number of nitrogens with one attached hydrogen (secondary N) is 3. The lowest BCUT2D eigenvalue weighted by Gasteiger charge is -2.21. The Morgan fingerprint density at radius 1 is 1.39 bits per heavy atom. The summed E-state index contributed by atoms with van der Waals surface area (Å²) in [6.07, 6.45) is 0. The van der Waals surface area contributed by atoms with Crippen LogP contribution in [0, 0.1) is 5.41 Å². The molecule has 7 nitrogen and oxygen atoms in total. The maximum atomic E-state index is 11.6. The summed E-state index contributed by atoms with van der Waals surface area (Å²) >= 11 is 0. The zero-order valence-corrected chi connectivity index (χ0v) is 11.5. The standard InChI is InChI=1S/C11H21N5O2/c1-7(12-4)8-15-16-10(18-8)14-6-11(2,3)9(17)13-5/h7,12H,6H2,1-5H3,(H,13,17)(H,14,16). The molecule has 0 aliphatic carbocycles. The molecule has 18 heavy (non-hydrogen) atoms. The third-order valence-corrected chi connectivity index (χ3v) is 2.77. The van der Waals surface area contributed by atoms with Gasteiger partial charge in [-0.3, -0.25) is 4.79 Å². The smallest absolute Gasteiger partial charge is 0.315 e. The number of aromatic nitrogens is 2. The van der Waals surface area contributed by atoms with Crippen molar-refractivity contribution in [1.82, 2.24) is 20.8 Å². The van der Waals surface area contributed by atoms with Crippen LogP contribution < -0.4 is 16.0 Å². The first-order valence-corrected chi connectivity index (χ1v) is 5.87. The number of amides is 1. The van der Waals surface area contributed by atoms with Crippen molar-refractivity contribution in [3.05, 3.63) is 5.89 Å². The number of hydrogen-bond acceptors (Lipinski definition) is 6. The summed E-state index contributed by atoms with van der Waals surface area (Å²) in [6, 6.07) is 0.323. The van der Waals surface area contributed by atoms with E-state index < -0.39 is 5.41 Å². The number of nitrogens with zero attached hydrogens (tertiary/aromatic N) is 2. The molecule has 0 aliphatic rings. The number of rotatable bonds is 6. The molecule has 1 heterocycles. The molecule has 1 unspecified atom stereocenters. The third kappa shape index (κ3) is 3.43. The van der Waals surface area contributed by atoms with Crippen molar-refractivity contribution >= 4 is 11.9 Å². The molecule has 0 fully saturated rings. The summed E-state index contributed by atoms with van der Waals surface area (Å²) < 4.78 is 5.42. The van der Waals surface area contributed by atoms with Crippen molar-refractivity contribution in [3.8, 4) is 0 Å². The van der Waals surface area contributed by atoms with Crippen molar-refractivity contribution in [2.75, 3.05) is 26.0 Å². The molecule has 0 saturated heterocycles. The van der Waals surface area contributed by atoms with E-state index in [9.17, 15) is 4.79 Å². The Morgan fingerprint density at radius 3 is 2.61 bits per heavy atom. The van der Waals surface area contributed by atoms with Gasteiger partial charge in [0.05, 0.1) is 11.5 Å². The maximum Gasteiger partial charge on any atom is 0.315 e. The number of carbonyl (C=O) groups is 1. The van der Waals surface area contributed by atoms with E-state index >= 15 is 0 Å². The predicted octanol–water partition coefficient (Wildman–Crippen LogP) is 0.534. The molecular weight excluding hydrogens is 234 g/mol. The molecule has 1 rings (SSSR count). The van der Waals surface area contributed by atoms with Gasteiger partial charge in [0.2, 0.25) is 11.8 Å². The quantitative estimate of drug-likeness (QED) is 0.687. The van der Waals surface area contributed by atoms with Gasteiger partial charge in [-0.25, -0.2) is 0 Å². The van der Waals surface area contributed by atoms with Gasteiger partial charge in [0, 0.05) is 13.6 Å². The van der Waals surface area contributed by atoms with Gasteiger partial charge in [0.1, 0.15) is 0 Å². The van der Waals surface area contributed by atoms with Crippen molar-refractivity contribution in [2.24, 2.45) is 5.41 Å². The molecule has 1 aromatic rings. The Kier molecular flexibility index (Phi) is 4.66. The lowest BCUT2D eigenvalue weighted by atomic mass is 9.92. The molecular formula is C11H21N5O2. The lowest BCUT2D eigenvalue weighted by Crippen LogP contribution is -2.39. The van der Waals surface area contributed by atoms with Crippen LogP contribution in [0.3, 0.4) is 0 Å². The van der Waals surface area contributed by atoms with Crippen LogP contribution in [0.2, 0.25) is 0 Å². The summed E-state index contributed by atoms with van der Waals surface area (Å²) in [4.78, 5) is 11.6. The van der Waals surface area contributed by atoms with Gasteiger partial charge < -0.3 is 20.4 Å². The Bertz CT molecular complexity index is 402. The highest BCUT2D eigenvalue weighted by Crippen LogP contribution is 2.18. The second-order valence-corrected chi connectivity index (χ2v) is 4.77. The molecule has 7 heteroatoms. The van der Waals surface area contributed by atoms with E-state index in [1.54, 1.807) is 7.05 Å². The first-order valence-electron chi connectivity index (χ1n) is 5.87. The summed E-state index contributed by atoms with van der Waals surface area (Å²) in [6.45, 7) is 6.02.